The highest BCUT2D eigenvalue weighted by molar-refractivity contribution is 5.96. The van der Waals surface area contributed by atoms with Crippen LogP contribution in [0, 0.1) is 41.5 Å². The van der Waals surface area contributed by atoms with Crippen LogP contribution in [0.3, 0.4) is 0 Å². The van der Waals surface area contributed by atoms with Crippen LogP contribution >= 0.6 is 0 Å². The molecule has 0 bridgehead atoms. The fraction of sp³-hybridized carbons (Fsp3) is 0.382. The minimum absolute atomic E-state index is 0.634. The average Bonchev–Trinajstić information content (AvgIpc) is 4.57. The first-order valence-electron chi connectivity index (χ1n) is 30.0. The molecule has 18 nitrogen and oxygen atoms in total. The molecule has 18 heteroatoms. The lowest BCUT2D eigenvalue weighted by Gasteiger charge is -2.25. The van der Waals surface area contributed by atoms with Crippen molar-refractivity contribution < 1.29 is 4.74 Å². The van der Waals surface area contributed by atoms with Gasteiger partial charge in [-0.1, -0.05) is 127 Å². The third-order valence-corrected chi connectivity index (χ3v) is 15.0. The molecule has 6 aliphatic rings. The third-order valence-electron chi connectivity index (χ3n) is 15.0. The summed E-state index contributed by atoms with van der Waals surface area (Å²) in [6.07, 6.45) is 0. The second-order valence-electron chi connectivity index (χ2n) is 21.8. The molecule has 0 spiro atoms. The topological polar surface area (TPSA) is 172 Å². The zero-order valence-corrected chi connectivity index (χ0v) is 52.8. The minimum atomic E-state index is 0.634. The minimum Gasteiger partial charge on any atom is -0.463 e. The monoisotopic (exact) mass is 1160 g/mol. The maximum atomic E-state index is 5.25. The van der Waals surface area contributed by atoms with E-state index in [1.165, 1.54) is 50.1 Å². The Morgan fingerprint density at radius 3 is 1.34 bits per heavy atom. The van der Waals surface area contributed by atoms with Gasteiger partial charge in [0.1, 0.15) is 6.61 Å². The molecule has 6 aliphatic heterocycles. The van der Waals surface area contributed by atoms with E-state index in [2.05, 4.69) is 266 Å². The zero-order valence-electron chi connectivity index (χ0n) is 52.8. The Balaban J connectivity index is 0.000000148. The first-order chi connectivity index (χ1) is 41.7. The van der Waals surface area contributed by atoms with E-state index in [1.807, 2.05) is 42.5 Å². The molecule has 0 saturated carbocycles. The van der Waals surface area contributed by atoms with Gasteiger partial charge < -0.3 is 61.1 Å². The molecular formula is C68H93N17O. The molecule has 0 atom stereocenters. The predicted octanol–water partition coefficient (Wildman–Crippen LogP) is 9.37. The number of hydrogen-bond acceptors (Lipinski definition) is 18. The molecule has 0 radical (unpaired) electrons. The summed E-state index contributed by atoms with van der Waals surface area (Å²) in [6, 6.07) is 50.5. The highest BCUT2D eigenvalue weighted by Crippen LogP contribution is 2.18. The second-order valence-corrected chi connectivity index (χ2v) is 21.8. The van der Waals surface area contributed by atoms with Gasteiger partial charge in [0.2, 0.25) is 0 Å². The van der Waals surface area contributed by atoms with Gasteiger partial charge in [-0.2, -0.15) is 0 Å². The van der Waals surface area contributed by atoms with E-state index >= 15 is 0 Å². The largest absolute Gasteiger partial charge is 0.463 e. The molecule has 0 aliphatic carbocycles. The number of nitrogens with one attached hydrogen (secondary N) is 6. The van der Waals surface area contributed by atoms with Crippen molar-refractivity contribution in [2.75, 3.05) is 130 Å². The van der Waals surface area contributed by atoms with Crippen molar-refractivity contribution >= 4 is 52.9 Å². The van der Waals surface area contributed by atoms with Crippen molar-refractivity contribution in [3.8, 4) is 0 Å². The highest BCUT2D eigenvalue weighted by Gasteiger charge is 2.18. The first-order valence-corrected chi connectivity index (χ1v) is 30.0. The standard InChI is InChI=1S/C13H19N3.2C12H17N3.C11H15N3.C10H13N3.C10H12N2O/c1-11-6-4-5-7-12(11)10-16(3)13-14-8-9-15(13)2;1-10-5-3-4-6-11(10)9-14-12-13-7-8-15(12)2;1-10-5-3-4-6-11(10)9-15(2)12-13-7-8-14-12;1-9-5-3-4-6-10(9)13-11-12-7-8-14(11)2;1-8-4-2-3-5-9(8)13-10-11-6-7-12-10;1-8-4-2-3-5-9(8)12-10-11-6-7-13-10/h4-7H,8-10H2,1-3H3;2*3-6H,7-9H2,1-2H3,(H,13,14);3-6H,7-8H2,1-2H3,(H,12,13);2-5H,6-7H2,1H3,(H2,11,12,13);2-5H,6-7H2,1H3,(H,11,12). The number of likely N-dealkylation sites (N-methyl/N-ethyl adjacent to an activating group) is 3. The smallest absolute Gasteiger partial charge is 0.289 e. The van der Waals surface area contributed by atoms with Gasteiger partial charge in [-0.3, -0.25) is 25.0 Å². The molecule has 6 N–H and O–H groups in total. The fourth-order valence-electron chi connectivity index (χ4n) is 9.57. The van der Waals surface area contributed by atoms with Crippen LogP contribution in [0.1, 0.15) is 50.1 Å². The number of guanidine groups is 5. The van der Waals surface area contributed by atoms with E-state index in [9.17, 15) is 0 Å². The molecule has 0 saturated heterocycles. The molecule has 6 aromatic carbocycles. The van der Waals surface area contributed by atoms with Crippen molar-refractivity contribution in [1.29, 1.82) is 0 Å². The van der Waals surface area contributed by atoms with Crippen molar-refractivity contribution in [3.05, 3.63) is 196 Å². The van der Waals surface area contributed by atoms with E-state index in [4.69, 9.17) is 4.74 Å². The normalized spacial score (nSPS) is 15.1. The molecular weight excluding hydrogens is 1070 g/mol. The highest BCUT2D eigenvalue weighted by atomic mass is 16.5. The van der Waals surface area contributed by atoms with Crippen molar-refractivity contribution in [2.45, 2.75) is 61.2 Å². The van der Waals surface area contributed by atoms with Gasteiger partial charge in [0.05, 0.1) is 39.3 Å². The number of hydrogen-bond donors (Lipinski definition) is 6. The van der Waals surface area contributed by atoms with Crippen LogP contribution in [0.25, 0.3) is 0 Å². The maximum absolute atomic E-state index is 5.25. The van der Waals surface area contributed by atoms with Gasteiger partial charge in [0, 0.05) is 105 Å². The lowest BCUT2D eigenvalue weighted by atomic mass is 10.1. The van der Waals surface area contributed by atoms with Gasteiger partial charge >= 0.3 is 0 Å². The number of anilines is 3. The summed E-state index contributed by atoms with van der Waals surface area (Å²) < 4.78 is 5.25. The predicted molar refractivity (Wildman–Crippen MR) is 361 cm³/mol. The van der Waals surface area contributed by atoms with Crippen LogP contribution in [0.5, 0.6) is 0 Å². The molecule has 6 aromatic rings. The van der Waals surface area contributed by atoms with E-state index in [0.29, 0.717) is 12.6 Å². The van der Waals surface area contributed by atoms with Crippen LogP contribution in [0.4, 0.5) is 17.1 Å². The number of aryl methyl sites for hydroxylation is 6. The third kappa shape index (κ3) is 20.6. The Kier molecular flexibility index (Phi) is 25.5. The number of para-hydroxylation sites is 3. The summed E-state index contributed by atoms with van der Waals surface area (Å²) in [5.74, 6) is 4.98. The summed E-state index contributed by atoms with van der Waals surface area (Å²) in [5.41, 5.74) is 15.1. The van der Waals surface area contributed by atoms with Gasteiger partial charge in [-0.05, 0) is 110 Å². The van der Waals surface area contributed by atoms with Crippen molar-refractivity contribution in [3.63, 3.8) is 0 Å². The van der Waals surface area contributed by atoms with Crippen molar-refractivity contribution in [2.24, 2.45) is 30.0 Å². The number of benzene rings is 6. The summed E-state index contributed by atoms with van der Waals surface area (Å²) in [7, 11) is 10.4. The quantitative estimate of drug-likeness (QED) is 0.0812. The summed E-state index contributed by atoms with van der Waals surface area (Å²) in [5, 5.41) is 19.5. The van der Waals surface area contributed by atoms with Crippen LogP contribution in [-0.2, 0) is 24.4 Å². The molecule has 0 aromatic heterocycles. The van der Waals surface area contributed by atoms with Gasteiger partial charge in [-0.25, -0.2) is 4.99 Å². The van der Waals surface area contributed by atoms with Crippen LogP contribution in [0.2, 0.25) is 0 Å². The Morgan fingerprint density at radius 2 is 0.884 bits per heavy atom. The van der Waals surface area contributed by atoms with Crippen molar-refractivity contribution in [1.82, 2.24) is 40.4 Å². The zero-order chi connectivity index (χ0) is 61.0. The summed E-state index contributed by atoms with van der Waals surface area (Å²) in [6.45, 7) is 26.3. The summed E-state index contributed by atoms with van der Waals surface area (Å²) in [4.78, 5) is 37.0. The lowest BCUT2D eigenvalue weighted by molar-refractivity contribution is 0.346. The Labute approximate surface area is 512 Å². The molecule has 0 unspecified atom stereocenters. The number of nitrogens with zero attached hydrogens (tertiary/aromatic N) is 11. The molecule has 12 rings (SSSR count). The Hall–Kier alpha value is -9.06. The average molecular weight is 1160 g/mol. The summed E-state index contributed by atoms with van der Waals surface area (Å²) >= 11 is 0. The number of ether oxygens (including phenoxy) is 1. The molecule has 86 heavy (non-hydrogen) atoms. The molecule has 0 fully saturated rings. The second kappa shape index (κ2) is 34.0. The van der Waals surface area contributed by atoms with E-state index in [1.54, 1.807) is 0 Å². The molecule has 456 valence electrons. The van der Waals surface area contributed by atoms with Gasteiger partial charge in [-0.15, -0.1) is 0 Å². The van der Waals surface area contributed by atoms with Crippen LogP contribution in [0.15, 0.2) is 176 Å². The number of amidine groups is 1. The molecule has 6 heterocycles. The van der Waals surface area contributed by atoms with Gasteiger partial charge in [0.15, 0.2) is 29.8 Å². The van der Waals surface area contributed by atoms with Crippen LogP contribution < -0.4 is 31.9 Å². The lowest BCUT2D eigenvalue weighted by Crippen LogP contribution is -2.36. The van der Waals surface area contributed by atoms with E-state index in [-0.39, 0.29) is 0 Å². The number of rotatable bonds is 9. The Morgan fingerprint density at radius 1 is 0.430 bits per heavy atom. The maximum Gasteiger partial charge on any atom is 0.289 e. The van der Waals surface area contributed by atoms with E-state index in [0.717, 1.165) is 138 Å². The van der Waals surface area contributed by atoms with Crippen LogP contribution in [-0.4, -0.2) is 174 Å². The number of aliphatic imine (C=N–C) groups is 6. The SMILES string of the molecule is Cc1ccccc1CN(C)C1=NCCN1.Cc1ccccc1CN(C)C1=NCCN1C.Cc1ccccc1CNC1=NCCN1C.Cc1ccccc1NC1=NCCN1.Cc1ccccc1NC1=NCCN1C.Cc1ccccc1NC1=NCCO1. The Bertz CT molecular complexity index is 3210. The molecule has 0 amide bonds. The fourth-order valence-corrected chi connectivity index (χ4v) is 9.57. The van der Waals surface area contributed by atoms with E-state index < -0.39 is 0 Å². The first kappa shape index (κ1) is 64.5. The van der Waals surface area contributed by atoms with Gasteiger partial charge in [0.25, 0.3) is 6.02 Å².